The molecule has 0 saturated carbocycles. The van der Waals surface area contributed by atoms with Gasteiger partial charge in [-0.05, 0) is 5.57 Å². The second-order valence-corrected chi connectivity index (χ2v) is 2.18. The third-order valence-corrected chi connectivity index (χ3v) is 1.31. The van der Waals surface area contributed by atoms with Gasteiger partial charge < -0.3 is 4.90 Å². The Morgan fingerprint density at radius 2 is 2.56 bits per heavy atom. The van der Waals surface area contributed by atoms with Crippen molar-refractivity contribution in [3.8, 4) is 0 Å². The number of likely N-dealkylation sites (N-methyl/N-ethyl adjacent to an activating group) is 1. The first-order valence-corrected chi connectivity index (χ1v) is 3.04. The Hall–Kier alpha value is -0.980. The van der Waals surface area contributed by atoms with E-state index in [0.717, 1.165) is 6.54 Å². The smallest absolute Gasteiger partial charge is 0.0354 e. The van der Waals surface area contributed by atoms with Crippen LogP contribution >= 0.6 is 0 Å². The van der Waals surface area contributed by atoms with Crippen LogP contribution < -0.4 is 0 Å². The van der Waals surface area contributed by atoms with E-state index in [0.29, 0.717) is 0 Å². The Balaban J connectivity index is 2.70. The summed E-state index contributed by atoms with van der Waals surface area (Å²) >= 11 is 0. The van der Waals surface area contributed by atoms with Crippen molar-refractivity contribution in [1.82, 2.24) is 4.90 Å². The molecule has 0 aromatic rings. The molecule has 0 aromatic carbocycles. The van der Waals surface area contributed by atoms with Gasteiger partial charge in [-0.2, -0.15) is 0 Å². The molecule has 0 aromatic heterocycles. The summed E-state index contributed by atoms with van der Waals surface area (Å²) in [5.41, 5.74) is 1.18. The first kappa shape index (κ1) is 6.14. The van der Waals surface area contributed by atoms with Crippen molar-refractivity contribution < 1.29 is 0 Å². The highest BCUT2D eigenvalue weighted by Gasteiger charge is 1.94. The quantitative estimate of drug-likeness (QED) is 0.509. The number of nitrogens with zero attached hydrogens (tertiary/aromatic N) is 1. The summed E-state index contributed by atoms with van der Waals surface area (Å²) in [7, 11) is 2.05. The summed E-state index contributed by atoms with van der Waals surface area (Å²) in [4.78, 5) is 2.12. The van der Waals surface area contributed by atoms with E-state index in [1.54, 1.807) is 0 Å². The number of hydrogen-bond acceptors (Lipinski definition) is 1. The minimum atomic E-state index is 1.01. The highest BCUT2D eigenvalue weighted by molar-refractivity contribution is 5.30. The molecule has 0 saturated heterocycles. The van der Waals surface area contributed by atoms with Crippen LogP contribution in [0.1, 0.15) is 0 Å². The third-order valence-electron chi connectivity index (χ3n) is 1.31. The molecule has 0 bridgehead atoms. The van der Waals surface area contributed by atoms with Gasteiger partial charge in [-0.15, -0.1) is 0 Å². The molecule has 0 amide bonds. The number of hydrogen-bond donors (Lipinski definition) is 0. The lowest BCUT2D eigenvalue weighted by atomic mass is 10.2. The van der Waals surface area contributed by atoms with E-state index in [-0.39, 0.29) is 0 Å². The van der Waals surface area contributed by atoms with Gasteiger partial charge in [0.15, 0.2) is 0 Å². The van der Waals surface area contributed by atoms with E-state index in [2.05, 4.69) is 29.8 Å². The molecule has 1 nitrogen and oxygen atoms in total. The first-order chi connectivity index (χ1) is 4.33. The Morgan fingerprint density at radius 1 is 1.78 bits per heavy atom. The average Bonchev–Trinajstić information content (AvgIpc) is 1.88. The lowest BCUT2D eigenvalue weighted by molar-refractivity contribution is 0.502. The molecule has 48 valence electrons. The summed E-state index contributed by atoms with van der Waals surface area (Å²) in [5.74, 6) is 0. The topological polar surface area (TPSA) is 3.24 Å². The Kier molecular flexibility index (Phi) is 1.73. The molecule has 9 heavy (non-hydrogen) atoms. The lowest BCUT2D eigenvalue weighted by Crippen LogP contribution is -2.13. The normalized spacial score (nSPS) is 17.4. The maximum atomic E-state index is 3.67. The van der Waals surface area contributed by atoms with Crippen LogP contribution in [0.4, 0.5) is 0 Å². The lowest BCUT2D eigenvalue weighted by Gasteiger charge is -2.15. The minimum Gasteiger partial charge on any atom is -0.376 e. The van der Waals surface area contributed by atoms with Crippen LogP contribution in [0, 0.1) is 0 Å². The van der Waals surface area contributed by atoms with E-state index in [9.17, 15) is 0 Å². The Labute approximate surface area is 56.0 Å². The molecule has 1 heteroatoms. The zero-order valence-electron chi connectivity index (χ0n) is 5.67. The maximum Gasteiger partial charge on any atom is 0.0354 e. The van der Waals surface area contributed by atoms with E-state index < -0.39 is 0 Å². The van der Waals surface area contributed by atoms with Crippen LogP contribution in [-0.4, -0.2) is 18.5 Å². The van der Waals surface area contributed by atoms with Gasteiger partial charge in [0.2, 0.25) is 0 Å². The highest BCUT2D eigenvalue weighted by atomic mass is 15.1. The molecular formula is C8H11N. The van der Waals surface area contributed by atoms with Gasteiger partial charge in [0.05, 0.1) is 0 Å². The monoisotopic (exact) mass is 121 g/mol. The van der Waals surface area contributed by atoms with Crippen molar-refractivity contribution in [2.45, 2.75) is 0 Å². The summed E-state index contributed by atoms with van der Waals surface area (Å²) in [6.07, 6.45) is 8.13. The van der Waals surface area contributed by atoms with E-state index in [4.69, 9.17) is 0 Å². The standard InChI is InChI=1S/C8H11N/c1-3-8-5-4-6-9(2)7-8/h3-5,7H,1,6H2,2H3. The van der Waals surface area contributed by atoms with E-state index in [1.165, 1.54) is 5.57 Å². The van der Waals surface area contributed by atoms with Gasteiger partial charge >= 0.3 is 0 Å². The van der Waals surface area contributed by atoms with Gasteiger partial charge in [-0.3, -0.25) is 0 Å². The van der Waals surface area contributed by atoms with Crippen LogP contribution in [0.2, 0.25) is 0 Å². The summed E-state index contributed by atoms with van der Waals surface area (Å²) in [6.45, 7) is 4.68. The number of allylic oxidation sites excluding steroid dienone is 3. The van der Waals surface area contributed by atoms with E-state index >= 15 is 0 Å². The largest absolute Gasteiger partial charge is 0.376 e. The van der Waals surface area contributed by atoms with Crippen molar-refractivity contribution in [2.24, 2.45) is 0 Å². The van der Waals surface area contributed by atoms with Crippen molar-refractivity contribution in [2.75, 3.05) is 13.6 Å². The Bertz CT molecular complexity index is 165. The molecule has 0 aliphatic carbocycles. The summed E-state index contributed by atoms with van der Waals surface area (Å²) in [6, 6.07) is 0. The second-order valence-electron chi connectivity index (χ2n) is 2.18. The molecule has 1 heterocycles. The zero-order chi connectivity index (χ0) is 6.69. The molecule has 1 rings (SSSR count). The van der Waals surface area contributed by atoms with Crippen molar-refractivity contribution in [3.63, 3.8) is 0 Å². The van der Waals surface area contributed by atoms with Gasteiger partial charge in [0, 0.05) is 19.8 Å². The predicted molar refractivity (Wildman–Crippen MR) is 40.1 cm³/mol. The zero-order valence-corrected chi connectivity index (χ0v) is 5.67. The molecule has 0 unspecified atom stereocenters. The molecule has 0 N–H and O–H groups in total. The van der Waals surface area contributed by atoms with Gasteiger partial charge in [0.1, 0.15) is 0 Å². The first-order valence-electron chi connectivity index (χ1n) is 3.04. The Morgan fingerprint density at radius 3 is 3.00 bits per heavy atom. The average molecular weight is 121 g/mol. The third kappa shape index (κ3) is 1.46. The van der Waals surface area contributed by atoms with Crippen LogP contribution in [0.15, 0.2) is 36.6 Å². The van der Waals surface area contributed by atoms with Gasteiger partial charge in [-0.25, -0.2) is 0 Å². The molecule has 1 aliphatic rings. The molecular weight excluding hydrogens is 110 g/mol. The van der Waals surface area contributed by atoms with Crippen molar-refractivity contribution in [1.29, 1.82) is 0 Å². The number of rotatable bonds is 1. The van der Waals surface area contributed by atoms with Crippen LogP contribution in [0.3, 0.4) is 0 Å². The fraction of sp³-hybridized carbons (Fsp3) is 0.250. The van der Waals surface area contributed by atoms with Crippen LogP contribution in [0.25, 0.3) is 0 Å². The molecule has 0 radical (unpaired) electrons. The fourth-order valence-electron chi connectivity index (χ4n) is 0.826. The van der Waals surface area contributed by atoms with E-state index in [1.807, 2.05) is 13.1 Å². The van der Waals surface area contributed by atoms with Crippen LogP contribution in [0.5, 0.6) is 0 Å². The predicted octanol–water partition coefficient (Wildman–Crippen LogP) is 1.56. The van der Waals surface area contributed by atoms with Gasteiger partial charge in [0.25, 0.3) is 0 Å². The summed E-state index contributed by atoms with van der Waals surface area (Å²) < 4.78 is 0. The molecule has 0 fully saturated rings. The molecule has 1 aliphatic heterocycles. The minimum absolute atomic E-state index is 1.01. The van der Waals surface area contributed by atoms with Gasteiger partial charge in [-0.1, -0.05) is 24.8 Å². The van der Waals surface area contributed by atoms with Crippen molar-refractivity contribution in [3.05, 3.63) is 36.6 Å². The second kappa shape index (κ2) is 2.53. The molecule has 0 spiro atoms. The van der Waals surface area contributed by atoms with Crippen molar-refractivity contribution >= 4 is 0 Å². The molecule has 0 atom stereocenters. The maximum absolute atomic E-state index is 3.67. The SMILES string of the molecule is C=CC1=CN(C)CC=C1. The summed E-state index contributed by atoms with van der Waals surface area (Å²) in [5, 5.41) is 0. The van der Waals surface area contributed by atoms with Crippen LogP contribution in [-0.2, 0) is 0 Å². The fourth-order valence-corrected chi connectivity index (χ4v) is 0.826. The highest BCUT2D eigenvalue weighted by Crippen LogP contribution is 2.04.